The normalized spacial score (nSPS) is 11.1. The molecule has 0 saturated carbocycles. The largest absolute Gasteiger partial charge is 0.336 e. The molecule has 98 valence electrons. The number of hydrogen-bond donors (Lipinski definition) is 1. The van der Waals surface area contributed by atoms with Gasteiger partial charge in [-0.2, -0.15) is 0 Å². The Morgan fingerprint density at radius 3 is 3.00 bits per heavy atom. The highest BCUT2D eigenvalue weighted by molar-refractivity contribution is 7.17. The summed E-state index contributed by atoms with van der Waals surface area (Å²) >= 11 is 3.01. The zero-order valence-electron chi connectivity index (χ0n) is 10.5. The van der Waals surface area contributed by atoms with Crippen molar-refractivity contribution in [2.24, 2.45) is 0 Å². The van der Waals surface area contributed by atoms with Crippen molar-refractivity contribution in [3.8, 4) is 0 Å². The number of anilines is 1. The molecule has 1 N–H and O–H groups in total. The molecular weight excluding hydrogens is 280 g/mol. The number of carbonyl (C=O) groups is 1. The summed E-state index contributed by atoms with van der Waals surface area (Å²) < 4.78 is 3.13. The summed E-state index contributed by atoms with van der Waals surface area (Å²) in [5, 5.41) is 14.0. The monoisotopic (exact) mass is 292 g/mol. The van der Waals surface area contributed by atoms with E-state index >= 15 is 0 Å². The Balaban J connectivity index is 1.94. The minimum Gasteiger partial charge on any atom is -0.336 e. The van der Waals surface area contributed by atoms with Crippen LogP contribution in [0.5, 0.6) is 0 Å². The Hall–Kier alpha value is -1.73. The second-order valence-electron chi connectivity index (χ2n) is 4.02. The van der Waals surface area contributed by atoms with Crippen molar-refractivity contribution in [1.29, 1.82) is 0 Å². The van der Waals surface area contributed by atoms with Gasteiger partial charge in [-0.25, -0.2) is 0 Å². The van der Waals surface area contributed by atoms with E-state index in [1.807, 2.05) is 35.9 Å². The Morgan fingerprint density at radius 1 is 1.47 bits per heavy atom. The number of fused-ring (bicyclic) bond motifs is 1. The standard InChI is InChI=1S/C12H12N4OS2/c1-3-16-8-4-5-18-10(8)6-9(16)11(17)13-12-15-14-7(2)19-12/h4-6H,3H2,1-2H3,(H,13,15,17). The molecule has 0 spiro atoms. The van der Waals surface area contributed by atoms with E-state index in [9.17, 15) is 4.79 Å². The van der Waals surface area contributed by atoms with Crippen LogP contribution in [0, 0.1) is 6.92 Å². The van der Waals surface area contributed by atoms with E-state index in [0.717, 1.165) is 21.8 Å². The van der Waals surface area contributed by atoms with Crippen LogP contribution >= 0.6 is 22.7 Å². The Morgan fingerprint density at radius 2 is 2.32 bits per heavy atom. The molecule has 19 heavy (non-hydrogen) atoms. The molecule has 0 bridgehead atoms. The first-order chi connectivity index (χ1) is 9.19. The fourth-order valence-corrected chi connectivity index (χ4v) is 3.42. The molecule has 7 heteroatoms. The van der Waals surface area contributed by atoms with Crippen molar-refractivity contribution in [2.45, 2.75) is 20.4 Å². The van der Waals surface area contributed by atoms with Crippen molar-refractivity contribution in [2.75, 3.05) is 5.32 Å². The first-order valence-electron chi connectivity index (χ1n) is 5.87. The molecule has 0 atom stereocenters. The fraction of sp³-hybridized carbons (Fsp3) is 0.250. The van der Waals surface area contributed by atoms with Gasteiger partial charge in [0.15, 0.2) is 0 Å². The van der Waals surface area contributed by atoms with E-state index in [1.54, 1.807) is 11.3 Å². The number of thiophene rings is 1. The lowest BCUT2D eigenvalue weighted by Gasteiger charge is -2.06. The highest BCUT2D eigenvalue weighted by atomic mass is 32.1. The molecule has 0 aliphatic carbocycles. The predicted octanol–water partition coefficient (Wildman–Crippen LogP) is 3.13. The third-order valence-electron chi connectivity index (χ3n) is 2.82. The molecule has 0 aliphatic heterocycles. The first kappa shape index (κ1) is 12.3. The molecule has 3 aromatic rings. The topological polar surface area (TPSA) is 59.8 Å². The number of nitrogens with one attached hydrogen (secondary N) is 1. The van der Waals surface area contributed by atoms with Crippen LogP contribution in [0.3, 0.4) is 0 Å². The van der Waals surface area contributed by atoms with E-state index in [-0.39, 0.29) is 5.91 Å². The zero-order valence-corrected chi connectivity index (χ0v) is 12.1. The zero-order chi connectivity index (χ0) is 13.4. The van der Waals surface area contributed by atoms with Gasteiger partial charge in [0.2, 0.25) is 5.13 Å². The van der Waals surface area contributed by atoms with E-state index in [4.69, 9.17) is 0 Å². The lowest BCUT2D eigenvalue weighted by atomic mass is 10.4. The summed E-state index contributed by atoms with van der Waals surface area (Å²) in [6, 6.07) is 3.96. The van der Waals surface area contributed by atoms with Crippen molar-refractivity contribution < 1.29 is 4.79 Å². The molecular formula is C12H12N4OS2. The molecule has 0 aromatic carbocycles. The third kappa shape index (κ3) is 2.15. The minimum atomic E-state index is -0.138. The summed E-state index contributed by atoms with van der Waals surface area (Å²) in [5.41, 5.74) is 1.77. The molecule has 5 nitrogen and oxygen atoms in total. The maximum absolute atomic E-state index is 12.3. The average molecular weight is 292 g/mol. The van der Waals surface area contributed by atoms with Gasteiger partial charge >= 0.3 is 0 Å². The van der Waals surface area contributed by atoms with Crippen LogP contribution in [0.2, 0.25) is 0 Å². The number of aromatic nitrogens is 3. The summed E-state index contributed by atoms with van der Waals surface area (Å²) in [4.78, 5) is 12.3. The first-order valence-corrected chi connectivity index (χ1v) is 7.57. The molecule has 3 heterocycles. The van der Waals surface area contributed by atoms with E-state index in [1.165, 1.54) is 11.3 Å². The molecule has 0 radical (unpaired) electrons. The maximum atomic E-state index is 12.3. The Bertz CT molecular complexity index is 740. The lowest BCUT2D eigenvalue weighted by Crippen LogP contribution is -2.16. The predicted molar refractivity (Wildman–Crippen MR) is 78.1 cm³/mol. The van der Waals surface area contributed by atoms with Crippen LogP contribution in [0.15, 0.2) is 17.5 Å². The third-order valence-corrected chi connectivity index (χ3v) is 4.43. The molecule has 0 unspecified atom stereocenters. The van der Waals surface area contributed by atoms with Gasteiger partial charge in [-0.1, -0.05) is 11.3 Å². The number of aryl methyl sites for hydroxylation is 2. The molecule has 3 rings (SSSR count). The van der Waals surface area contributed by atoms with E-state index < -0.39 is 0 Å². The lowest BCUT2D eigenvalue weighted by molar-refractivity contribution is 0.101. The Kier molecular flexibility index (Phi) is 3.08. The number of amides is 1. The second-order valence-corrected chi connectivity index (χ2v) is 6.15. The van der Waals surface area contributed by atoms with Crippen molar-refractivity contribution in [3.05, 3.63) is 28.2 Å². The summed E-state index contributed by atoms with van der Waals surface area (Å²) in [7, 11) is 0. The molecule has 0 aliphatic rings. The van der Waals surface area contributed by atoms with Crippen molar-refractivity contribution in [1.82, 2.24) is 14.8 Å². The highest BCUT2D eigenvalue weighted by Gasteiger charge is 2.16. The Labute approximate surface area is 117 Å². The number of nitrogens with zero attached hydrogens (tertiary/aromatic N) is 3. The maximum Gasteiger partial charge on any atom is 0.274 e. The van der Waals surface area contributed by atoms with Gasteiger partial charge in [-0.3, -0.25) is 10.1 Å². The number of hydrogen-bond acceptors (Lipinski definition) is 5. The van der Waals surface area contributed by atoms with Crippen LogP contribution in [0.25, 0.3) is 10.2 Å². The van der Waals surface area contributed by atoms with Crippen molar-refractivity contribution in [3.63, 3.8) is 0 Å². The second kappa shape index (κ2) is 4.75. The van der Waals surface area contributed by atoms with E-state index in [0.29, 0.717) is 10.8 Å². The number of rotatable bonds is 3. The minimum absolute atomic E-state index is 0.138. The number of carbonyl (C=O) groups excluding carboxylic acids is 1. The van der Waals surface area contributed by atoms with Gasteiger partial charge in [-0.05, 0) is 31.4 Å². The van der Waals surface area contributed by atoms with Gasteiger partial charge in [0.1, 0.15) is 10.7 Å². The van der Waals surface area contributed by atoms with Gasteiger partial charge in [0.05, 0.1) is 10.2 Å². The quantitative estimate of drug-likeness (QED) is 0.806. The van der Waals surface area contributed by atoms with Crippen LogP contribution in [-0.2, 0) is 6.54 Å². The van der Waals surface area contributed by atoms with Gasteiger partial charge in [0, 0.05) is 6.54 Å². The molecule has 3 aromatic heterocycles. The smallest absolute Gasteiger partial charge is 0.274 e. The highest BCUT2D eigenvalue weighted by Crippen LogP contribution is 2.26. The van der Waals surface area contributed by atoms with Gasteiger partial charge in [0.25, 0.3) is 5.91 Å². The SMILES string of the molecule is CCn1c(C(=O)Nc2nnc(C)s2)cc2sccc21. The van der Waals surface area contributed by atoms with Crippen LogP contribution < -0.4 is 5.32 Å². The fourth-order valence-electron chi connectivity index (χ4n) is 2.01. The summed E-state index contributed by atoms with van der Waals surface area (Å²) in [5.74, 6) is -0.138. The average Bonchev–Trinajstić information content (AvgIpc) is 3.03. The molecule has 1 amide bonds. The van der Waals surface area contributed by atoms with Crippen LogP contribution in [0.4, 0.5) is 5.13 Å². The van der Waals surface area contributed by atoms with Crippen LogP contribution in [-0.4, -0.2) is 20.7 Å². The molecule has 0 saturated heterocycles. The van der Waals surface area contributed by atoms with Gasteiger partial charge in [-0.15, -0.1) is 21.5 Å². The van der Waals surface area contributed by atoms with E-state index in [2.05, 4.69) is 15.5 Å². The summed E-state index contributed by atoms with van der Waals surface area (Å²) in [6.07, 6.45) is 0. The van der Waals surface area contributed by atoms with Gasteiger partial charge < -0.3 is 4.57 Å². The van der Waals surface area contributed by atoms with Crippen molar-refractivity contribution >= 4 is 43.9 Å². The summed E-state index contributed by atoms with van der Waals surface area (Å²) in [6.45, 7) is 4.65. The van der Waals surface area contributed by atoms with Crippen LogP contribution in [0.1, 0.15) is 22.4 Å². The molecule has 0 fully saturated rings.